The number of thioether (sulfide) groups is 1. The zero-order chi connectivity index (χ0) is 12.0. The summed E-state index contributed by atoms with van der Waals surface area (Å²) in [6, 6.07) is 5.94. The van der Waals surface area contributed by atoms with Crippen LogP contribution in [0.1, 0.15) is 36.7 Å². The second-order valence-corrected chi connectivity index (χ2v) is 4.66. The second kappa shape index (κ2) is 6.59. The maximum Gasteiger partial charge on any atom is 0.338 e. The van der Waals surface area contributed by atoms with Crippen LogP contribution in [0.15, 0.2) is 23.1 Å². The molecule has 2 nitrogen and oxygen atoms in total. The average molecular weight is 238 g/mol. The number of carbonyl (C=O) groups is 1. The van der Waals surface area contributed by atoms with E-state index < -0.39 is 0 Å². The van der Waals surface area contributed by atoms with Crippen LogP contribution in [0.25, 0.3) is 0 Å². The van der Waals surface area contributed by atoms with Crippen molar-refractivity contribution in [2.75, 3.05) is 12.4 Å². The minimum atomic E-state index is -0.215. The van der Waals surface area contributed by atoms with E-state index in [1.54, 1.807) is 11.8 Å². The number of hydrogen-bond donors (Lipinski definition) is 0. The molecule has 0 fully saturated rings. The summed E-state index contributed by atoms with van der Waals surface area (Å²) in [7, 11) is 0. The molecule has 0 bridgehead atoms. The number of rotatable bonds is 5. The van der Waals surface area contributed by atoms with Crippen LogP contribution in [-0.4, -0.2) is 18.3 Å². The van der Waals surface area contributed by atoms with Crippen LogP contribution >= 0.6 is 11.8 Å². The zero-order valence-corrected chi connectivity index (χ0v) is 10.9. The molecule has 0 spiro atoms. The van der Waals surface area contributed by atoms with Crippen LogP contribution in [-0.2, 0) is 11.2 Å². The third-order valence-corrected chi connectivity index (χ3v) is 3.14. The van der Waals surface area contributed by atoms with E-state index in [0.29, 0.717) is 12.2 Å². The number of carbonyl (C=O) groups excluding carboxylic acids is 1. The molecule has 0 saturated heterocycles. The van der Waals surface area contributed by atoms with Crippen LogP contribution in [0.5, 0.6) is 0 Å². The molecule has 16 heavy (non-hydrogen) atoms. The van der Waals surface area contributed by atoms with Gasteiger partial charge < -0.3 is 4.74 Å². The Kier molecular flexibility index (Phi) is 5.39. The lowest BCUT2D eigenvalue weighted by Crippen LogP contribution is -2.07. The molecule has 0 unspecified atom stereocenters. The summed E-state index contributed by atoms with van der Waals surface area (Å²) in [5, 5.41) is 0. The molecule has 1 aromatic rings. The molecule has 0 radical (unpaired) electrons. The molecule has 0 amide bonds. The highest BCUT2D eigenvalue weighted by Crippen LogP contribution is 2.22. The number of benzene rings is 1. The molecule has 0 aliphatic carbocycles. The van der Waals surface area contributed by atoms with Gasteiger partial charge in [0.2, 0.25) is 0 Å². The molecular weight excluding hydrogens is 220 g/mol. The molecule has 0 N–H and O–H groups in total. The third kappa shape index (κ3) is 3.27. The van der Waals surface area contributed by atoms with Crippen molar-refractivity contribution >= 4 is 17.7 Å². The van der Waals surface area contributed by atoms with Gasteiger partial charge in [-0.15, -0.1) is 11.8 Å². The van der Waals surface area contributed by atoms with Crippen molar-refractivity contribution in [3.05, 3.63) is 29.3 Å². The van der Waals surface area contributed by atoms with Gasteiger partial charge in [-0.05, 0) is 42.9 Å². The number of aryl methyl sites for hydroxylation is 1. The smallest absolute Gasteiger partial charge is 0.338 e. The van der Waals surface area contributed by atoms with Crippen LogP contribution < -0.4 is 0 Å². The Bertz CT molecular complexity index is 361. The number of hydrogen-bond acceptors (Lipinski definition) is 3. The van der Waals surface area contributed by atoms with Gasteiger partial charge in [-0.25, -0.2) is 4.79 Å². The highest BCUT2D eigenvalue weighted by molar-refractivity contribution is 7.99. The van der Waals surface area contributed by atoms with Crippen molar-refractivity contribution in [2.45, 2.75) is 32.1 Å². The SMILES string of the molecule is CCOC(=O)c1ccc(SCC)cc1CC. The van der Waals surface area contributed by atoms with E-state index >= 15 is 0 Å². The van der Waals surface area contributed by atoms with Crippen LogP contribution in [0, 0.1) is 0 Å². The van der Waals surface area contributed by atoms with Crippen LogP contribution in [0.4, 0.5) is 0 Å². The van der Waals surface area contributed by atoms with E-state index in [-0.39, 0.29) is 5.97 Å². The predicted octanol–water partition coefficient (Wildman–Crippen LogP) is 3.54. The fourth-order valence-electron chi connectivity index (χ4n) is 1.53. The Labute approximate surface area is 101 Å². The Morgan fingerprint density at radius 1 is 1.31 bits per heavy atom. The first kappa shape index (κ1) is 13.1. The quantitative estimate of drug-likeness (QED) is 0.580. The highest BCUT2D eigenvalue weighted by atomic mass is 32.2. The minimum Gasteiger partial charge on any atom is -0.462 e. The summed E-state index contributed by atoms with van der Waals surface area (Å²) in [5.74, 6) is 0.828. The summed E-state index contributed by atoms with van der Waals surface area (Å²) in [4.78, 5) is 12.9. The maximum absolute atomic E-state index is 11.7. The molecule has 0 aliphatic heterocycles. The summed E-state index contributed by atoms with van der Waals surface area (Å²) >= 11 is 1.79. The largest absolute Gasteiger partial charge is 0.462 e. The standard InChI is InChI=1S/C13H18O2S/c1-4-10-9-11(16-6-3)7-8-12(10)13(14)15-5-2/h7-9H,4-6H2,1-3H3. The van der Waals surface area contributed by atoms with Gasteiger partial charge in [0, 0.05) is 4.90 Å². The number of esters is 1. The van der Waals surface area contributed by atoms with Crippen molar-refractivity contribution in [1.82, 2.24) is 0 Å². The van der Waals surface area contributed by atoms with Gasteiger partial charge in [0.15, 0.2) is 0 Å². The molecule has 0 aliphatic rings. The maximum atomic E-state index is 11.7. The fourth-order valence-corrected chi connectivity index (χ4v) is 2.25. The minimum absolute atomic E-state index is 0.215. The molecule has 3 heteroatoms. The predicted molar refractivity (Wildman–Crippen MR) is 68.2 cm³/mol. The summed E-state index contributed by atoms with van der Waals surface area (Å²) < 4.78 is 5.02. The Morgan fingerprint density at radius 3 is 2.62 bits per heavy atom. The van der Waals surface area contributed by atoms with Gasteiger partial charge >= 0.3 is 5.97 Å². The van der Waals surface area contributed by atoms with Gasteiger partial charge in [0.1, 0.15) is 0 Å². The fraction of sp³-hybridized carbons (Fsp3) is 0.462. The second-order valence-electron chi connectivity index (χ2n) is 3.33. The van der Waals surface area contributed by atoms with Gasteiger partial charge in [-0.3, -0.25) is 0 Å². The molecule has 88 valence electrons. The van der Waals surface area contributed by atoms with Crippen molar-refractivity contribution in [2.24, 2.45) is 0 Å². The summed E-state index contributed by atoms with van der Waals surface area (Å²) in [5.41, 5.74) is 1.77. The van der Waals surface area contributed by atoms with E-state index in [1.165, 1.54) is 4.90 Å². The van der Waals surface area contributed by atoms with Crippen molar-refractivity contribution < 1.29 is 9.53 Å². The van der Waals surface area contributed by atoms with E-state index in [2.05, 4.69) is 19.9 Å². The Morgan fingerprint density at radius 2 is 2.06 bits per heavy atom. The molecule has 0 heterocycles. The Hall–Kier alpha value is -0.960. The van der Waals surface area contributed by atoms with E-state index in [0.717, 1.165) is 17.7 Å². The summed E-state index contributed by atoms with van der Waals surface area (Å²) in [6.07, 6.45) is 0.853. The first-order valence-electron chi connectivity index (χ1n) is 5.65. The molecule has 0 aromatic heterocycles. The van der Waals surface area contributed by atoms with Gasteiger partial charge in [-0.2, -0.15) is 0 Å². The van der Waals surface area contributed by atoms with Crippen molar-refractivity contribution in [3.63, 3.8) is 0 Å². The number of ether oxygens (including phenoxy) is 1. The zero-order valence-electron chi connectivity index (χ0n) is 10.1. The summed E-state index contributed by atoms with van der Waals surface area (Å²) in [6.45, 7) is 6.42. The molecule has 1 rings (SSSR count). The van der Waals surface area contributed by atoms with Gasteiger partial charge in [0.25, 0.3) is 0 Å². The normalized spacial score (nSPS) is 10.2. The first-order chi connectivity index (χ1) is 7.72. The molecular formula is C13H18O2S. The van der Waals surface area contributed by atoms with Gasteiger partial charge in [-0.1, -0.05) is 13.8 Å². The van der Waals surface area contributed by atoms with Crippen molar-refractivity contribution in [1.29, 1.82) is 0 Å². The molecule has 0 atom stereocenters. The topological polar surface area (TPSA) is 26.3 Å². The lowest BCUT2D eigenvalue weighted by atomic mass is 10.1. The van der Waals surface area contributed by atoms with E-state index in [4.69, 9.17) is 4.74 Å². The first-order valence-corrected chi connectivity index (χ1v) is 6.64. The molecule has 0 saturated carbocycles. The lowest BCUT2D eigenvalue weighted by Gasteiger charge is -2.09. The average Bonchev–Trinajstić information content (AvgIpc) is 2.29. The van der Waals surface area contributed by atoms with E-state index in [9.17, 15) is 4.79 Å². The van der Waals surface area contributed by atoms with Crippen LogP contribution in [0.2, 0.25) is 0 Å². The monoisotopic (exact) mass is 238 g/mol. The van der Waals surface area contributed by atoms with Crippen molar-refractivity contribution in [3.8, 4) is 0 Å². The van der Waals surface area contributed by atoms with Gasteiger partial charge in [0.05, 0.1) is 12.2 Å². The third-order valence-electron chi connectivity index (χ3n) is 2.26. The lowest BCUT2D eigenvalue weighted by molar-refractivity contribution is 0.0525. The van der Waals surface area contributed by atoms with E-state index in [1.807, 2.05) is 19.1 Å². The Balaban J connectivity index is 2.96. The highest BCUT2D eigenvalue weighted by Gasteiger charge is 2.11. The van der Waals surface area contributed by atoms with Crippen LogP contribution in [0.3, 0.4) is 0 Å². The molecule has 1 aromatic carbocycles.